The van der Waals surface area contributed by atoms with Crippen LogP contribution in [0.3, 0.4) is 0 Å². The fourth-order valence-electron chi connectivity index (χ4n) is 3.10. The van der Waals surface area contributed by atoms with Crippen LogP contribution < -0.4 is 10.6 Å². The third-order valence-electron chi connectivity index (χ3n) is 4.71. The van der Waals surface area contributed by atoms with Crippen molar-refractivity contribution in [1.82, 2.24) is 15.5 Å². The molecule has 0 spiro atoms. The zero-order valence-electron chi connectivity index (χ0n) is 15.1. The molecule has 1 saturated carbocycles. The molecular formula is C19H28ClN3O2. The van der Waals surface area contributed by atoms with E-state index in [9.17, 15) is 9.59 Å². The number of halogens is 1. The van der Waals surface area contributed by atoms with E-state index in [0.717, 1.165) is 37.8 Å². The lowest BCUT2D eigenvalue weighted by Gasteiger charge is -2.27. The summed E-state index contributed by atoms with van der Waals surface area (Å²) in [5, 5.41) is 6.67. The second-order valence-corrected chi connectivity index (χ2v) is 7.42. The highest BCUT2D eigenvalue weighted by atomic mass is 35.5. The first-order chi connectivity index (χ1) is 12.0. The Morgan fingerprint density at radius 2 is 1.52 bits per heavy atom. The molecule has 1 aromatic carbocycles. The molecule has 1 aromatic rings. The average molecular weight is 366 g/mol. The van der Waals surface area contributed by atoms with Gasteiger partial charge in [0.25, 0.3) is 0 Å². The third-order valence-corrected chi connectivity index (χ3v) is 4.96. The van der Waals surface area contributed by atoms with Crippen LogP contribution in [0, 0.1) is 11.8 Å². The minimum atomic E-state index is 0.0122. The van der Waals surface area contributed by atoms with Crippen molar-refractivity contribution in [2.45, 2.75) is 32.2 Å². The Kier molecular flexibility index (Phi) is 7.72. The smallest absolute Gasteiger partial charge is 0.223 e. The Hall–Kier alpha value is -1.59. The van der Waals surface area contributed by atoms with Crippen molar-refractivity contribution in [2.24, 2.45) is 11.8 Å². The quantitative estimate of drug-likeness (QED) is 0.780. The van der Waals surface area contributed by atoms with Gasteiger partial charge in [-0.25, -0.2) is 0 Å². The largest absolute Gasteiger partial charge is 0.355 e. The van der Waals surface area contributed by atoms with Gasteiger partial charge in [-0.3, -0.25) is 9.59 Å². The zero-order chi connectivity index (χ0) is 18.2. The third kappa shape index (κ3) is 6.67. The number of carbonyl (C=O) groups excluding carboxylic acids is 2. The number of benzene rings is 1. The molecule has 5 nitrogen and oxygen atoms in total. The second-order valence-electron chi connectivity index (χ2n) is 6.99. The van der Waals surface area contributed by atoms with Gasteiger partial charge in [0.2, 0.25) is 11.8 Å². The molecule has 138 valence electrons. The van der Waals surface area contributed by atoms with E-state index in [1.54, 1.807) is 0 Å². The maximum absolute atomic E-state index is 12.3. The summed E-state index contributed by atoms with van der Waals surface area (Å²) >= 11 is 5.86. The van der Waals surface area contributed by atoms with Crippen LogP contribution in [0.1, 0.15) is 31.2 Å². The Balaban J connectivity index is 1.69. The van der Waals surface area contributed by atoms with Crippen molar-refractivity contribution < 1.29 is 9.59 Å². The molecule has 1 aliphatic carbocycles. The zero-order valence-corrected chi connectivity index (χ0v) is 15.8. The standard InChI is InChI=1S/C19H28ClN3O2/c1-23(2)12-11-21-18(24)15-5-7-16(8-6-15)19(25)22-13-14-3-9-17(20)10-4-14/h3-4,9-10,15-16H,5-8,11-13H2,1-2H3,(H,21,24)(H,22,25). The summed E-state index contributed by atoms with van der Waals surface area (Å²) in [5.74, 6) is 0.267. The molecule has 2 N–H and O–H groups in total. The summed E-state index contributed by atoms with van der Waals surface area (Å²) in [6, 6.07) is 7.47. The molecule has 25 heavy (non-hydrogen) atoms. The molecule has 0 unspecified atom stereocenters. The van der Waals surface area contributed by atoms with Gasteiger partial charge in [-0.2, -0.15) is 0 Å². The number of likely N-dealkylation sites (N-methyl/N-ethyl adjacent to an activating group) is 1. The van der Waals surface area contributed by atoms with E-state index in [1.807, 2.05) is 43.3 Å². The number of amides is 2. The van der Waals surface area contributed by atoms with E-state index in [0.29, 0.717) is 18.1 Å². The predicted octanol–water partition coefficient (Wildman–Crippen LogP) is 2.44. The minimum absolute atomic E-state index is 0.0122. The summed E-state index contributed by atoms with van der Waals surface area (Å²) < 4.78 is 0. The van der Waals surface area contributed by atoms with Gasteiger partial charge in [0.15, 0.2) is 0 Å². The van der Waals surface area contributed by atoms with Crippen molar-refractivity contribution in [3.05, 3.63) is 34.9 Å². The molecule has 0 atom stereocenters. The van der Waals surface area contributed by atoms with Gasteiger partial charge in [0, 0.05) is 36.5 Å². The van der Waals surface area contributed by atoms with Crippen molar-refractivity contribution in [2.75, 3.05) is 27.2 Å². The lowest BCUT2D eigenvalue weighted by Crippen LogP contribution is -2.39. The topological polar surface area (TPSA) is 61.4 Å². The normalized spacial score (nSPS) is 20.3. The summed E-state index contributed by atoms with van der Waals surface area (Å²) in [5.41, 5.74) is 1.03. The maximum atomic E-state index is 12.3. The fourth-order valence-corrected chi connectivity index (χ4v) is 3.23. The Labute approximate surface area is 155 Å². The van der Waals surface area contributed by atoms with Crippen LogP contribution in [0.2, 0.25) is 5.02 Å². The van der Waals surface area contributed by atoms with Gasteiger partial charge in [0.1, 0.15) is 0 Å². The van der Waals surface area contributed by atoms with Crippen LogP contribution in [-0.2, 0) is 16.1 Å². The number of carbonyl (C=O) groups is 2. The van der Waals surface area contributed by atoms with E-state index >= 15 is 0 Å². The van der Waals surface area contributed by atoms with Crippen LogP contribution >= 0.6 is 11.6 Å². The Morgan fingerprint density at radius 1 is 1.00 bits per heavy atom. The number of hydrogen-bond acceptors (Lipinski definition) is 3. The minimum Gasteiger partial charge on any atom is -0.355 e. The van der Waals surface area contributed by atoms with Crippen LogP contribution in [0.15, 0.2) is 24.3 Å². The van der Waals surface area contributed by atoms with E-state index < -0.39 is 0 Å². The molecule has 0 heterocycles. The summed E-state index contributed by atoms with van der Waals surface area (Å²) in [6.07, 6.45) is 3.12. The van der Waals surface area contributed by atoms with Gasteiger partial charge in [-0.05, 0) is 57.5 Å². The van der Waals surface area contributed by atoms with Crippen molar-refractivity contribution in [3.8, 4) is 0 Å². The number of nitrogens with zero attached hydrogens (tertiary/aromatic N) is 1. The molecule has 0 saturated heterocycles. The summed E-state index contributed by atoms with van der Waals surface area (Å²) in [6.45, 7) is 2.03. The van der Waals surface area contributed by atoms with Crippen molar-refractivity contribution in [1.29, 1.82) is 0 Å². The maximum Gasteiger partial charge on any atom is 0.223 e. The molecule has 0 aromatic heterocycles. The van der Waals surface area contributed by atoms with Gasteiger partial charge in [-0.15, -0.1) is 0 Å². The van der Waals surface area contributed by atoms with Crippen LogP contribution in [0.25, 0.3) is 0 Å². The van der Waals surface area contributed by atoms with Crippen LogP contribution in [0.4, 0.5) is 0 Å². The molecule has 0 bridgehead atoms. The average Bonchev–Trinajstić information content (AvgIpc) is 2.60. The summed E-state index contributed by atoms with van der Waals surface area (Å²) in [7, 11) is 3.97. The first-order valence-corrected chi connectivity index (χ1v) is 9.28. The number of nitrogens with one attached hydrogen (secondary N) is 2. The molecule has 0 radical (unpaired) electrons. The molecule has 0 aliphatic heterocycles. The van der Waals surface area contributed by atoms with E-state index in [4.69, 9.17) is 11.6 Å². The Morgan fingerprint density at radius 3 is 2.04 bits per heavy atom. The van der Waals surface area contributed by atoms with E-state index in [1.165, 1.54) is 0 Å². The first kappa shape index (κ1) is 19.7. The van der Waals surface area contributed by atoms with Gasteiger partial charge < -0.3 is 15.5 Å². The fraction of sp³-hybridized carbons (Fsp3) is 0.579. The number of rotatable bonds is 7. The molecular weight excluding hydrogens is 338 g/mol. The lowest BCUT2D eigenvalue weighted by atomic mass is 9.81. The molecule has 2 amide bonds. The van der Waals surface area contributed by atoms with Crippen molar-refractivity contribution >= 4 is 23.4 Å². The lowest BCUT2D eigenvalue weighted by molar-refractivity contribution is -0.130. The summed E-state index contributed by atoms with van der Waals surface area (Å²) in [4.78, 5) is 26.5. The highest BCUT2D eigenvalue weighted by Gasteiger charge is 2.29. The number of hydrogen-bond donors (Lipinski definition) is 2. The SMILES string of the molecule is CN(C)CCNC(=O)C1CCC(C(=O)NCc2ccc(Cl)cc2)CC1. The van der Waals surface area contributed by atoms with Gasteiger partial charge >= 0.3 is 0 Å². The first-order valence-electron chi connectivity index (χ1n) is 8.90. The van der Waals surface area contributed by atoms with E-state index in [2.05, 4.69) is 10.6 Å². The van der Waals surface area contributed by atoms with Crippen LogP contribution in [-0.4, -0.2) is 43.9 Å². The Bertz CT molecular complexity index is 567. The van der Waals surface area contributed by atoms with Gasteiger partial charge in [-0.1, -0.05) is 23.7 Å². The predicted molar refractivity (Wildman–Crippen MR) is 100 cm³/mol. The monoisotopic (exact) mass is 365 g/mol. The highest BCUT2D eigenvalue weighted by Crippen LogP contribution is 2.29. The van der Waals surface area contributed by atoms with Gasteiger partial charge in [0.05, 0.1) is 0 Å². The molecule has 6 heteroatoms. The van der Waals surface area contributed by atoms with E-state index in [-0.39, 0.29) is 23.7 Å². The van der Waals surface area contributed by atoms with Crippen LogP contribution in [0.5, 0.6) is 0 Å². The molecule has 1 fully saturated rings. The second kappa shape index (κ2) is 9.78. The highest BCUT2D eigenvalue weighted by molar-refractivity contribution is 6.30. The van der Waals surface area contributed by atoms with Crippen molar-refractivity contribution in [3.63, 3.8) is 0 Å². The molecule has 2 rings (SSSR count). The molecule has 1 aliphatic rings.